The minimum atomic E-state index is 0.556. The van der Waals surface area contributed by atoms with Crippen molar-refractivity contribution in [2.24, 2.45) is 5.92 Å². The Morgan fingerprint density at radius 1 is 1.47 bits per heavy atom. The minimum Gasteiger partial charge on any atom is -0.360 e. The normalized spacial score (nSPS) is 20.2. The molecule has 1 aliphatic rings. The zero-order valence-corrected chi connectivity index (χ0v) is 12.8. The van der Waals surface area contributed by atoms with Crippen LogP contribution in [0.25, 0.3) is 0 Å². The van der Waals surface area contributed by atoms with Crippen molar-refractivity contribution in [3.8, 4) is 0 Å². The van der Waals surface area contributed by atoms with Crippen molar-refractivity contribution in [2.75, 3.05) is 31.6 Å². The standard InChI is InChI=1S/C16H27N3/c1-5-18(4)16-14(8-6-10-17-16)15-9-7-11-19(15)12-13(2)3/h6,8,10,13,15H,5,7,9,11-12H2,1-4H3. The zero-order chi connectivity index (χ0) is 13.8. The highest BCUT2D eigenvalue weighted by atomic mass is 15.2. The Morgan fingerprint density at radius 2 is 2.26 bits per heavy atom. The van der Waals surface area contributed by atoms with Gasteiger partial charge < -0.3 is 4.90 Å². The molecule has 1 fully saturated rings. The third-order valence-electron chi connectivity index (χ3n) is 3.98. The van der Waals surface area contributed by atoms with Gasteiger partial charge in [0.25, 0.3) is 0 Å². The lowest BCUT2D eigenvalue weighted by atomic mass is 10.0. The van der Waals surface area contributed by atoms with Crippen LogP contribution < -0.4 is 4.90 Å². The first kappa shape index (κ1) is 14.3. The summed E-state index contributed by atoms with van der Waals surface area (Å²) in [5.74, 6) is 1.88. The monoisotopic (exact) mass is 261 g/mol. The second-order valence-corrected chi connectivity index (χ2v) is 5.98. The zero-order valence-electron chi connectivity index (χ0n) is 12.8. The quantitative estimate of drug-likeness (QED) is 0.810. The molecule has 2 heterocycles. The number of aromatic nitrogens is 1. The van der Waals surface area contributed by atoms with Gasteiger partial charge in [0.05, 0.1) is 0 Å². The summed E-state index contributed by atoms with van der Waals surface area (Å²) in [6.45, 7) is 10.2. The first-order valence-corrected chi connectivity index (χ1v) is 7.53. The van der Waals surface area contributed by atoms with E-state index in [9.17, 15) is 0 Å². The number of nitrogens with zero attached hydrogens (tertiary/aromatic N) is 3. The molecule has 0 amide bonds. The number of pyridine rings is 1. The van der Waals surface area contributed by atoms with Gasteiger partial charge in [-0.25, -0.2) is 4.98 Å². The molecule has 0 bridgehead atoms. The second kappa shape index (κ2) is 6.38. The highest BCUT2D eigenvalue weighted by molar-refractivity contribution is 5.48. The molecule has 1 aromatic heterocycles. The van der Waals surface area contributed by atoms with E-state index in [1.54, 1.807) is 0 Å². The van der Waals surface area contributed by atoms with Crippen molar-refractivity contribution in [3.63, 3.8) is 0 Å². The average Bonchev–Trinajstić information content (AvgIpc) is 2.85. The van der Waals surface area contributed by atoms with E-state index in [0.29, 0.717) is 6.04 Å². The number of hydrogen-bond donors (Lipinski definition) is 0. The lowest BCUT2D eigenvalue weighted by Gasteiger charge is -2.29. The van der Waals surface area contributed by atoms with E-state index in [4.69, 9.17) is 0 Å². The molecule has 1 aromatic rings. The van der Waals surface area contributed by atoms with Crippen LogP contribution in [0.3, 0.4) is 0 Å². The van der Waals surface area contributed by atoms with Crippen LogP contribution in [0.4, 0.5) is 5.82 Å². The molecule has 1 saturated heterocycles. The van der Waals surface area contributed by atoms with Crippen LogP contribution in [0, 0.1) is 5.92 Å². The van der Waals surface area contributed by atoms with Gasteiger partial charge in [0.2, 0.25) is 0 Å². The Kier molecular flexibility index (Phi) is 4.81. The smallest absolute Gasteiger partial charge is 0.133 e. The van der Waals surface area contributed by atoms with E-state index in [-0.39, 0.29) is 0 Å². The molecule has 0 radical (unpaired) electrons. The summed E-state index contributed by atoms with van der Waals surface area (Å²) in [5, 5.41) is 0. The molecule has 0 spiro atoms. The average molecular weight is 261 g/mol. The molecule has 0 aromatic carbocycles. The third kappa shape index (κ3) is 3.27. The number of likely N-dealkylation sites (tertiary alicyclic amines) is 1. The summed E-state index contributed by atoms with van der Waals surface area (Å²) in [4.78, 5) is 9.49. The summed E-state index contributed by atoms with van der Waals surface area (Å²) >= 11 is 0. The Balaban J connectivity index is 2.25. The molecule has 3 nitrogen and oxygen atoms in total. The number of hydrogen-bond acceptors (Lipinski definition) is 3. The highest BCUT2D eigenvalue weighted by Gasteiger charge is 2.28. The lowest BCUT2D eigenvalue weighted by Crippen LogP contribution is -2.29. The van der Waals surface area contributed by atoms with Crippen LogP contribution in [0.1, 0.15) is 45.2 Å². The van der Waals surface area contributed by atoms with Crippen molar-refractivity contribution < 1.29 is 0 Å². The highest BCUT2D eigenvalue weighted by Crippen LogP contribution is 2.36. The first-order chi connectivity index (χ1) is 9.13. The molecule has 0 N–H and O–H groups in total. The molecule has 3 heteroatoms. The molecule has 0 aliphatic carbocycles. The maximum Gasteiger partial charge on any atom is 0.133 e. The van der Waals surface area contributed by atoms with Gasteiger partial charge >= 0.3 is 0 Å². The fraction of sp³-hybridized carbons (Fsp3) is 0.688. The van der Waals surface area contributed by atoms with E-state index in [0.717, 1.165) is 18.3 Å². The second-order valence-electron chi connectivity index (χ2n) is 5.98. The predicted octanol–water partition coefficient (Wildman–Crippen LogP) is 3.33. The molecular weight excluding hydrogens is 234 g/mol. The van der Waals surface area contributed by atoms with Gasteiger partial charge in [-0.2, -0.15) is 0 Å². The van der Waals surface area contributed by atoms with Crippen LogP contribution in [0.5, 0.6) is 0 Å². The van der Waals surface area contributed by atoms with Gasteiger partial charge in [-0.3, -0.25) is 4.90 Å². The van der Waals surface area contributed by atoms with Crippen LogP contribution in [-0.4, -0.2) is 36.6 Å². The first-order valence-electron chi connectivity index (χ1n) is 7.53. The van der Waals surface area contributed by atoms with Crippen LogP contribution in [0.2, 0.25) is 0 Å². The summed E-state index contributed by atoms with van der Waals surface area (Å²) in [7, 11) is 2.13. The topological polar surface area (TPSA) is 19.4 Å². The van der Waals surface area contributed by atoms with Crippen LogP contribution >= 0.6 is 0 Å². The van der Waals surface area contributed by atoms with Gasteiger partial charge in [0.15, 0.2) is 0 Å². The van der Waals surface area contributed by atoms with Crippen molar-refractivity contribution in [2.45, 2.75) is 39.7 Å². The van der Waals surface area contributed by atoms with Crippen LogP contribution in [0.15, 0.2) is 18.3 Å². The third-order valence-corrected chi connectivity index (χ3v) is 3.98. The Bertz CT molecular complexity index is 403. The molecule has 1 atom stereocenters. The largest absolute Gasteiger partial charge is 0.360 e. The van der Waals surface area contributed by atoms with E-state index >= 15 is 0 Å². The van der Waals surface area contributed by atoms with Crippen LogP contribution in [-0.2, 0) is 0 Å². The van der Waals surface area contributed by atoms with Crippen molar-refractivity contribution >= 4 is 5.82 Å². The van der Waals surface area contributed by atoms with Gasteiger partial charge in [0, 0.05) is 37.9 Å². The van der Waals surface area contributed by atoms with Crippen molar-refractivity contribution in [1.29, 1.82) is 0 Å². The fourth-order valence-electron chi connectivity index (χ4n) is 3.00. The van der Waals surface area contributed by atoms with E-state index in [1.165, 1.54) is 31.5 Å². The SMILES string of the molecule is CCN(C)c1ncccc1C1CCCN1CC(C)C. The van der Waals surface area contributed by atoms with Gasteiger partial charge in [-0.15, -0.1) is 0 Å². The number of rotatable bonds is 5. The van der Waals surface area contributed by atoms with Gasteiger partial charge in [-0.1, -0.05) is 19.9 Å². The van der Waals surface area contributed by atoms with Gasteiger partial charge in [0.1, 0.15) is 5.82 Å². The van der Waals surface area contributed by atoms with Crippen molar-refractivity contribution in [3.05, 3.63) is 23.9 Å². The summed E-state index contributed by atoms with van der Waals surface area (Å²) in [6, 6.07) is 4.89. The maximum absolute atomic E-state index is 4.61. The molecule has 0 saturated carbocycles. The summed E-state index contributed by atoms with van der Waals surface area (Å²) in [6.07, 6.45) is 4.48. The maximum atomic E-state index is 4.61. The van der Waals surface area contributed by atoms with Crippen molar-refractivity contribution in [1.82, 2.24) is 9.88 Å². The van der Waals surface area contributed by atoms with E-state index in [2.05, 4.69) is 54.7 Å². The Hall–Kier alpha value is -1.09. The molecule has 1 unspecified atom stereocenters. The Labute approximate surface area is 117 Å². The molecule has 106 valence electrons. The summed E-state index contributed by atoms with van der Waals surface area (Å²) in [5.41, 5.74) is 1.41. The minimum absolute atomic E-state index is 0.556. The predicted molar refractivity (Wildman–Crippen MR) is 81.6 cm³/mol. The summed E-state index contributed by atoms with van der Waals surface area (Å²) < 4.78 is 0. The lowest BCUT2D eigenvalue weighted by molar-refractivity contribution is 0.229. The van der Waals surface area contributed by atoms with E-state index < -0.39 is 0 Å². The molecular formula is C16H27N3. The fourth-order valence-corrected chi connectivity index (χ4v) is 3.00. The van der Waals surface area contributed by atoms with Gasteiger partial charge in [-0.05, 0) is 38.3 Å². The van der Waals surface area contributed by atoms with E-state index in [1.807, 2.05) is 6.20 Å². The molecule has 19 heavy (non-hydrogen) atoms. The Morgan fingerprint density at radius 3 is 2.95 bits per heavy atom. The molecule has 2 rings (SSSR count). The molecule has 1 aliphatic heterocycles. The number of anilines is 1.